The Hall–Kier alpha value is -0.580. The van der Waals surface area contributed by atoms with Crippen LogP contribution in [0.1, 0.15) is 33.8 Å². The lowest BCUT2D eigenvalue weighted by Gasteiger charge is -2.20. The molecule has 1 amide bonds. The number of nitrogens with one attached hydrogen (secondary N) is 2. The van der Waals surface area contributed by atoms with Gasteiger partial charge in [-0.2, -0.15) is 0 Å². The normalized spacial score (nSPS) is 30.1. The van der Waals surface area contributed by atoms with Gasteiger partial charge < -0.3 is 10.6 Å². The first-order valence-corrected chi connectivity index (χ1v) is 6.67. The van der Waals surface area contributed by atoms with Crippen molar-refractivity contribution in [1.29, 1.82) is 0 Å². The van der Waals surface area contributed by atoms with E-state index in [9.17, 15) is 4.79 Å². The second kappa shape index (κ2) is 4.96. The number of halogens is 1. The Balaban J connectivity index is 0.00000108. The summed E-state index contributed by atoms with van der Waals surface area (Å²) in [6.07, 6.45) is 3.58. The van der Waals surface area contributed by atoms with Crippen LogP contribution in [0, 0.1) is 6.92 Å². The molecule has 1 aromatic rings. The Labute approximate surface area is 111 Å². The van der Waals surface area contributed by atoms with Crippen molar-refractivity contribution < 1.29 is 4.79 Å². The minimum atomic E-state index is 0. The van der Waals surface area contributed by atoms with E-state index in [0.29, 0.717) is 18.1 Å². The van der Waals surface area contributed by atoms with Gasteiger partial charge in [0.15, 0.2) is 0 Å². The van der Waals surface area contributed by atoms with E-state index in [1.807, 2.05) is 19.1 Å². The maximum Gasteiger partial charge on any atom is 0.261 e. The molecule has 2 saturated heterocycles. The summed E-state index contributed by atoms with van der Waals surface area (Å²) in [7, 11) is 0. The second-order valence-corrected chi connectivity index (χ2v) is 6.06. The maximum atomic E-state index is 12.0. The smallest absolute Gasteiger partial charge is 0.261 e. The number of aryl methyl sites for hydroxylation is 1. The molecule has 0 aliphatic carbocycles. The fourth-order valence-electron chi connectivity index (χ4n) is 2.78. The molecule has 3 rings (SSSR count). The SMILES string of the molecule is Cc1ccc(C(=O)N[C@@H]2CC3CCC2N3)s1.Cl. The third-order valence-electron chi connectivity index (χ3n) is 3.58. The molecule has 2 bridgehead atoms. The Morgan fingerprint density at radius 1 is 1.47 bits per heavy atom. The van der Waals surface area contributed by atoms with Gasteiger partial charge in [0.1, 0.15) is 0 Å². The fraction of sp³-hybridized carbons (Fsp3) is 0.583. The third-order valence-corrected chi connectivity index (χ3v) is 4.58. The molecule has 3 atom stereocenters. The summed E-state index contributed by atoms with van der Waals surface area (Å²) >= 11 is 1.57. The van der Waals surface area contributed by atoms with E-state index >= 15 is 0 Å². The summed E-state index contributed by atoms with van der Waals surface area (Å²) in [4.78, 5) is 14.0. The van der Waals surface area contributed by atoms with Crippen LogP contribution in [-0.4, -0.2) is 24.0 Å². The summed E-state index contributed by atoms with van der Waals surface area (Å²) in [6.45, 7) is 2.03. The molecule has 3 heterocycles. The van der Waals surface area contributed by atoms with E-state index in [-0.39, 0.29) is 18.3 Å². The third kappa shape index (κ3) is 2.49. The lowest BCUT2D eigenvalue weighted by Crippen LogP contribution is -2.42. The van der Waals surface area contributed by atoms with Gasteiger partial charge in [-0.3, -0.25) is 4.79 Å². The topological polar surface area (TPSA) is 41.1 Å². The largest absolute Gasteiger partial charge is 0.347 e. The molecule has 0 saturated carbocycles. The van der Waals surface area contributed by atoms with E-state index in [1.54, 1.807) is 11.3 Å². The molecule has 2 aliphatic heterocycles. The number of hydrogen-bond acceptors (Lipinski definition) is 3. The summed E-state index contributed by atoms with van der Waals surface area (Å²) in [5.41, 5.74) is 0. The minimum absolute atomic E-state index is 0. The van der Waals surface area contributed by atoms with Crippen LogP contribution in [0.3, 0.4) is 0 Å². The average Bonchev–Trinajstić information content (AvgIpc) is 2.92. The predicted octanol–water partition coefficient (Wildman–Crippen LogP) is 2.10. The van der Waals surface area contributed by atoms with Gasteiger partial charge in [-0.15, -0.1) is 23.7 Å². The molecule has 2 aliphatic rings. The standard InChI is InChI=1S/C12H16N2OS.ClH/c1-7-2-5-11(16-7)12(15)14-10-6-8-3-4-9(10)13-8;/h2,5,8-10,13H,3-4,6H2,1H3,(H,14,15);1H/t8?,9?,10-;/m1./s1. The lowest BCUT2D eigenvalue weighted by molar-refractivity contribution is 0.0935. The first-order chi connectivity index (χ1) is 7.72. The molecular weight excluding hydrogens is 256 g/mol. The van der Waals surface area contributed by atoms with Gasteiger partial charge in [0.25, 0.3) is 5.91 Å². The van der Waals surface area contributed by atoms with Gasteiger partial charge in [0, 0.05) is 23.0 Å². The Morgan fingerprint density at radius 3 is 2.82 bits per heavy atom. The highest BCUT2D eigenvalue weighted by Gasteiger charge is 2.39. The van der Waals surface area contributed by atoms with Crippen molar-refractivity contribution in [3.63, 3.8) is 0 Å². The van der Waals surface area contributed by atoms with Crippen molar-refractivity contribution in [2.24, 2.45) is 0 Å². The molecule has 5 heteroatoms. The van der Waals surface area contributed by atoms with Gasteiger partial charge in [-0.1, -0.05) is 0 Å². The quantitative estimate of drug-likeness (QED) is 0.866. The molecule has 17 heavy (non-hydrogen) atoms. The zero-order valence-electron chi connectivity index (χ0n) is 9.73. The van der Waals surface area contributed by atoms with Crippen molar-refractivity contribution in [3.05, 3.63) is 21.9 Å². The van der Waals surface area contributed by atoms with Crippen LogP contribution < -0.4 is 10.6 Å². The Kier molecular flexibility index (Phi) is 3.76. The van der Waals surface area contributed by atoms with Crippen LogP contribution >= 0.6 is 23.7 Å². The van der Waals surface area contributed by atoms with Gasteiger partial charge in [-0.25, -0.2) is 0 Å². The van der Waals surface area contributed by atoms with Crippen LogP contribution in [0.2, 0.25) is 0 Å². The molecule has 2 unspecified atom stereocenters. The highest BCUT2D eigenvalue weighted by molar-refractivity contribution is 7.13. The van der Waals surface area contributed by atoms with Crippen LogP contribution in [0.15, 0.2) is 12.1 Å². The van der Waals surface area contributed by atoms with E-state index in [0.717, 1.165) is 11.3 Å². The number of hydrogen-bond donors (Lipinski definition) is 2. The Morgan fingerprint density at radius 2 is 2.29 bits per heavy atom. The number of carbonyl (C=O) groups is 1. The average molecular weight is 273 g/mol. The molecule has 3 nitrogen and oxygen atoms in total. The predicted molar refractivity (Wildman–Crippen MR) is 72.1 cm³/mol. The molecule has 94 valence electrons. The van der Waals surface area contributed by atoms with E-state index in [1.165, 1.54) is 17.7 Å². The number of thiophene rings is 1. The lowest BCUT2D eigenvalue weighted by atomic mass is 9.95. The number of rotatable bonds is 2. The Bertz CT molecular complexity index is 420. The van der Waals surface area contributed by atoms with E-state index < -0.39 is 0 Å². The van der Waals surface area contributed by atoms with Crippen molar-refractivity contribution in [2.45, 2.75) is 44.3 Å². The minimum Gasteiger partial charge on any atom is -0.347 e. The monoisotopic (exact) mass is 272 g/mol. The maximum absolute atomic E-state index is 12.0. The fourth-order valence-corrected chi connectivity index (χ4v) is 3.55. The van der Waals surface area contributed by atoms with E-state index in [4.69, 9.17) is 0 Å². The summed E-state index contributed by atoms with van der Waals surface area (Å²) < 4.78 is 0. The molecular formula is C12H17ClN2OS. The van der Waals surface area contributed by atoms with Crippen LogP contribution in [0.4, 0.5) is 0 Å². The van der Waals surface area contributed by atoms with Crippen molar-refractivity contribution in [2.75, 3.05) is 0 Å². The molecule has 2 fully saturated rings. The highest BCUT2D eigenvalue weighted by atomic mass is 35.5. The van der Waals surface area contributed by atoms with Crippen LogP contribution in [0.5, 0.6) is 0 Å². The number of amides is 1. The van der Waals surface area contributed by atoms with Gasteiger partial charge >= 0.3 is 0 Å². The number of carbonyl (C=O) groups excluding carboxylic acids is 1. The summed E-state index contributed by atoms with van der Waals surface area (Å²) in [6, 6.07) is 5.40. The molecule has 0 aromatic carbocycles. The van der Waals surface area contributed by atoms with Crippen LogP contribution in [-0.2, 0) is 0 Å². The van der Waals surface area contributed by atoms with Crippen molar-refractivity contribution in [3.8, 4) is 0 Å². The van der Waals surface area contributed by atoms with Gasteiger partial charge in [-0.05, 0) is 38.3 Å². The van der Waals surface area contributed by atoms with Crippen molar-refractivity contribution >= 4 is 29.7 Å². The van der Waals surface area contributed by atoms with Crippen LogP contribution in [0.25, 0.3) is 0 Å². The first-order valence-electron chi connectivity index (χ1n) is 5.86. The van der Waals surface area contributed by atoms with Gasteiger partial charge in [0.05, 0.1) is 4.88 Å². The summed E-state index contributed by atoms with van der Waals surface area (Å²) in [5, 5.41) is 6.68. The zero-order chi connectivity index (χ0) is 11.1. The van der Waals surface area contributed by atoms with Gasteiger partial charge in [0.2, 0.25) is 0 Å². The molecule has 0 spiro atoms. The highest BCUT2D eigenvalue weighted by Crippen LogP contribution is 2.28. The van der Waals surface area contributed by atoms with Crippen molar-refractivity contribution in [1.82, 2.24) is 10.6 Å². The molecule has 1 aromatic heterocycles. The second-order valence-electron chi connectivity index (χ2n) is 4.77. The summed E-state index contributed by atoms with van der Waals surface area (Å²) in [5.74, 6) is 0.0949. The first kappa shape index (κ1) is 12.9. The molecule has 2 N–H and O–H groups in total. The number of fused-ring (bicyclic) bond motifs is 2. The van der Waals surface area contributed by atoms with E-state index in [2.05, 4.69) is 10.6 Å². The molecule has 0 radical (unpaired) electrons. The zero-order valence-corrected chi connectivity index (χ0v) is 11.4.